The quantitative estimate of drug-likeness (QED) is 0.680. The van der Waals surface area contributed by atoms with Crippen molar-refractivity contribution in [2.45, 2.75) is 5.92 Å². The highest BCUT2D eigenvalue weighted by molar-refractivity contribution is 8.02. The molecular weight excluding hydrogens is 288 g/mol. The molecule has 1 aromatic rings. The molecule has 0 aromatic heterocycles. The number of carbonyl (C=O) groups excluding carboxylic acids is 2. The van der Waals surface area contributed by atoms with Crippen LogP contribution in [0.2, 0.25) is 0 Å². The standard InChI is InChI=1S/C15H14N2O3S/c1-20-15(19)12-11(9-6-4-3-5-7-9)10(8-16)14(21-2)17-13(12)18/h3-7,11-12H,1-2H3,(H,17,18)/t11-,12+/m1/s1. The number of nitrogens with zero attached hydrogens (tertiary/aromatic N) is 1. The topological polar surface area (TPSA) is 79.2 Å². The molecule has 1 aliphatic heterocycles. The molecule has 1 aromatic carbocycles. The lowest BCUT2D eigenvalue weighted by molar-refractivity contribution is -0.150. The van der Waals surface area contributed by atoms with Gasteiger partial charge < -0.3 is 10.1 Å². The van der Waals surface area contributed by atoms with Crippen LogP contribution in [0.5, 0.6) is 0 Å². The third kappa shape index (κ3) is 2.78. The average Bonchev–Trinajstić information content (AvgIpc) is 2.53. The van der Waals surface area contributed by atoms with Crippen LogP contribution in [0.4, 0.5) is 0 Å². The van der Waals surface area contributed by atoms with E-state index in [1.165, 1.54) is 18.9 Å². The van der Waals surface area contributed by atoms with Crippen molar-refractivity contribution in [3.63, 3.8) is 0 Å². The minimum absolute atomic E-state index is 0.378. The molecule has 0 bridgehead atoms. The number of thioether (sulfide) groups is 1. The first kappa shape index (κ1) is 15.1. The van der Waals surface area contributed by atoms with E-state index in [-0.39, 0.29) is 0 Å². The molecule has 0 radical (unpaired) electrons. The van der Waals surface area contributed by atoms with Crippen LogP contribution in [-0.4, -0.2) is 25.2 Å². The lowest BCUT2D eigenvalue weighted by Crippen LogP contribution is -2.44. The maximum Gasteiger partial charge on any atom is 0.319 e. The van der Waals surface area contributed by atoms with Gasteiger partial charge in [-0.05, 0) is 11.8 Å². The van der Waals surface area contributed by atoms with Gasteiger partial charge >= 0.3 is 5.97 Å². The maximum absolute atomic E-state index is 12.2. The highest BCUT2D eigenvalue weighted by atomic mass is 32.2. The van der Waals surface area contributed by atoms with E-state index in [4.69, 9.17) is 4.74 Å². The molecule has 0 saturated carbocycles. The van der Waals surface area contributed by atoms with E-state index in [1.54, 1.807) is 18.4 Å². The predicted octanol–water partition coefficient (Wildman–Crippen LogP) is 1.79. The fraction of sp³-hybridized carbons (Fsp3) is 0.267. The first-order valence-corrected chi connectivity index (χ1v) is 7.48. The molecule has 2 atom stereocenters. The van der Waals surface area contributed by atoms with Crippen molar-refractivity contribution < 1.29 is 14.3 Å². The normalized spacial score (nSPS) is 21.5. The Bertz CT molecular complexity index is 634. The van der Waals surface area contributed by atoms with Crippen LogP contribution < -0.4 is 5.32 Å². The van der Waals surface area contributed by atoms with E-state index >= 15 is 0 Å². The van der Waals surface area contributed by atoms with Crippen LogP contribution in [0.1, 0.15) is 11.5 Å². The summed E-state index contributed by atoms with van der Waals surface area (Å²) in [4.78, 5) is 24.2. The Morgan fingerprint density at radius 1 is 1.38 bits per heavy atom. The van der Waals surface area contributed by atoms with Crippen LogP contribution in [0.3, 0.4) is 0 Å². The van der Waals surface area contributed by atoms with Crippen LogP contribution in [0, 0.1) is 17.2 Å². The van der Waals surface area contributed by atoms with Crippen LogP contribution in [-0.2, 0) is 14.3 Å². The summed E-state index contributed by atoms with van der Waals surface area (Å²) in [5, 5.41) is 12.6. The number of hydrogen-bond donors (Lipinski definition) is 1. The predicted molar refractivity (Wildman–Crippen MR) is 79.0 cm³/mol. The molecule has 1 heterocycles. The van der Waals surface area contributed by atoms with E-state index in [0.29, 0.717) is 10.6 Å². The molecule has 108 valence electrons. The number of carbonyl (C=O) groups is 2. The van der Waals surface area contributed by atoms with Gasteiger partial charge in [0.1, 0.15) is 5.92 Å². The maximum atomic E-state index is 12.2. The number of benzene rings is 1. The van der Waals surface area contributed by atoms with Gasteiger partial charge in [0.15, 0.2) is 0 Å². The monoisotopic (exact) mass is 302 g/mol. The van der Waals surface area contributed by atoms with Crippen LogP contribution in [0.15, 0.2) is 40.9 Å². The lowest BCUT2D eigenvalue weighted by atomic mass is 9.78. The summed E-state index contributed by atoms with van der Waals surface area (Å²) in [6, 6.07) is 11.2. The van der Waals surface area contributed by atoms with Crippen molar-refractivity contribution in [3.8, 4) is 6.07 Å². The minimum atomic E-state index is -1.05. The average molecular weight is 302 g/mol. The molecule has 6 heteroatoms. The first-order valence-electron chi connectivity index (χ1n) is 6.26. The summed E-state index contributed by atoms with van der Waals surface area (Å²) in [5.41, 5.74) is 1.12. The van der Waals surface area contributed by atoms with Crippen molar-refractivity contribution in [1.82, 2.24) is 5.32 Å². The van der Waals surface area contributed by atoms with Gasteiger partial charge in [-0.2, -0.15) is 5.26 Å². The minimum Gasteiger partial charge on any atom is -0.468 e. The molecule has 1 aliphatic rings. The number of ether oxygens (including phenoxy) is 1. The van der Waals surface area contributed by atoms with Gasteiger partial charge in [-0.15, -0.1) is 11.8 Å². The Kier molecular flexibility index (Phi) is 4.66. The van der Waals surface area contributed by atoms with Crippen molar-refractivity contribution in [2.24, 2.45) is 5.92 Å². The van der Waals surface area contributed by atoms with Gasteiger partial charge in [0.25, 0.3) is 0 Å². The van der Waals surface area contributed by atoms with Crippen LogP contribution in [0.25, 0.3) is 0 Å². The van der Waals surface area contributed by atoms with E-state index in [9.17, 15) is 14.9 Å². The molecule has 1 amide bonds. The summed E-state index contributed by atoms with van der Waals surface area (Å²) in [6.07, 6.45) is 1.77. The summed E-state index contributed by atoms with van der Waals surface area (Å²) < 4.78 is 4.73. The highest BCUT2D eigenvalue weighted by Gasteiger charge is 2.43. The Labute approximate surface area is 127 Å². The second kappa shape index (κ2) is 6.46. The van der Waals surface area contributed by atoms with Gasteiger partial charge in [-0.3, -0.25) is 9.59 Å². The molecule has 1 N–H and O–H groups in total. The van der Waals surface area contributed by atoms with E-state index in [1.807, 2.05) is 18.2 Å². The summed E-state index contributed by atoms with van der Waals surface area (Å²) in [5.74, 6) is -2.77. The molecule has 21 heavy (non-hydrogen) atoms. The van der Waals surface area contributed by atoms with Gasteiger partial charge in [0.2, 0.25) is 5.91 Å². The number of esters is 1. The Balaban J connectivity index is 2.62. The van der Waals surface area contributed by atoms with Gasteiger partial charge in [0, 0.05) is 5.92 Å². The number of amides is 1. The third-order valence-corrected chi connectivity index (χ3v) is 4.08. The summed E-state index contributed by atoms with van der Waals surface area (Å²) in [6.45, 7) is 0. The van der Waals surface area contributed by atoms with Crippen LogP contribution >= 0.6 is 11.8 Å². The zero-order valence-electron chi connectivity index (χ0n) is 11.6. The van der Waals surface area contributed by atoms with Gasteiger partial charge in [-0.25, -0.2) is 0 Å². The van der Waals surface area contributed by atoms with E-state index in [0.717, 1.165) is 5.56 Å². The lowest BCUT2D eigenvalue weighted by Gasteiger charge is -2.30. The van der Waals surface area contributed by atoms with Crippen molar-refractivity contribution >= 4 is 23.6 Å². The molecule has 2 rings (SSSR count). The zero-order valence-corrected chi connectivity index (χ0v) is 12.4. The summed E-state index contributed by atoms with van der Waals surface area (Å²) in [7, 11) is 1.23. The first-order chi connectivity index (χ1) is 10.1. The van der Waals surface area contributed by atoms with Crippen molar-refractivity contribution in [1.29, 1.82) is 5.26 Å². The number of rotatable bonds is 3. The second-order valence-corrected chi connectivity index (χ2v) is 5.25. The Hall–Kier alpha value is -2.26. The number of hydrogen-bond acceptors (Lipinski definition) is 5. The number of nitrogens with one attached hydrogen (secondary N) is 1. The van der Waals surface area contributed by atoms with Crippen molar-refractivity contribution in [3.05, 3.63) is 46.5 Å². The van der Waals surface area contributed by atoms with Gasteiger partial charge in [0.05, 0.1) is 23.8 Å². The summed E-state index contributed by atoms with van der Waals surface area (Å²) >= 11 is 1.28. The molecule has 0 saturated heterocycles. The number of nitriles is 1. The Morgan fingerprint density at radius 2 is 2.05 bits per heavy atom. The molecular formula is C15H14N2O3S. The molecule has 0 spiro atoms. The fourth-order valence-electron chi connectivity index (χ4n) is 2.39. The molecule has 0 fully saturated rings. The zero-order chi connectivity index (χ0) is 15.4. The van der Waals surface area contributed by atoms with Gasteiger partial charge in [-0.1, -0.05) is 30.3 Å². The van der Waals surface area contributed by atoms with E-state index < -0.39 is 23.7 Å². The smallest absolute Gasteiger partial charge is 0.319 e. The number of allylic oxidation sites excluding steroid dienone is 1. The Morgan fingerprint density at radius 3 is 2.57 bits per heavy atom. The molecule has 0 aliphatic carbocycles. The largest absolute Gasteiger partial charge is 0.468 e. The highest BCUT2D eigenvalue weighted by Crippen LogP contribution is 2.39. The van der Waals surface area contributed by atoms with Crippen molar-refractivity contribution in [2.75, 3.05) is 13.4 Å². The third-order valence-electron chi connectivity index (χ3n) is 3.35. The SMILES string of the molecule is COC(=O)[C@@H]1C(=O)NC(SC)=C(C#N)[C@H]1c1ccccc1. The fourth-order valence-corrected chi connectivity index (χ4v) is 2.98. The van der Waals surface area contributed by atoms with E-state index in [2.05, 4.69) is 11.4 Å². The second-order valence-electron chi connectivity index (χ2n) is 4.44. The number of methoxy groups -OCH3 is 1. The molecule has 0 unspecified atom stereocenters. The molecule has 5 nitrogen and oxygen atoms in total.